The molecule has 0 bridgehead atoms. The standard InChI is InChI=1S/C31H25Cl2N3O7/c1-40-26-14-19(15-27(41-2)28(26)42-3)29(37)35-24-10-6-5-9-22(24)30(38)36-34-17-18-8-4-7-11-25(18)43-31(39)21-13-12-20(32)16-23(21)33/h4-17H,1-3H3,(H,35,37)(H,36,38)/b34-17-. The van der Waals surface area contributed by atoms with Crippen molar-refractivity contribution in [2.75, 3.05) is 26.6 Å². The zero-order valence-electron chi connectivity index (χ0n) is 23.1. The lowest BCUT2D eigenvalue weighted by molar-refractivity contribution is 0.0734. The Bertz CT molecular complexity index is 1680. The minimum absolute atomic E-state index is 0.135. The topological polar surface area (TPSA) is 125 Å². The van der Waals surface area contributed by atoms with Gasteiger partial charge in [-0.25, -0.2) is 10.2 Å². The second kappa shape index (κ2) is 14.2. The molecule has 0 saturated heterocycles. The van der Waals surface area contributed by atoms with E-state index in [1.54, 1.807) is 42.5 Å². The van der Waals surface area contributed by atoms with E-state index in [1.807, 2.05) is 0 Å². The van der Waals surface area contributed by atoms with Gasteiger partial charge in [0.25, 0.3) is 11.8 Å². The first-order chi connectivity index (χ1) is 20.7. The molecule has 2 amide bonds. The Morgan fingerprint density at radius 1 is 0.744 bits per heavy atom. The molecule has 43 heavy (non-hydrogen) atoms. The summed E-state index contributed by atoms with van der Waals surface area (Å²) in [7, 11) is 4.34. The lowest BCUT2D eigenvalue weighted by Gasteiger charge is -2.15. The van der Waals surface area contributed by atoms with E-state index in [9.17, 15) is 14.4 Å². The number of hydrogen-bond donors (Lipinski definition) is 2. The lowest BCUT2D eigenvalue weighted by atomic mass is 10.1. The van der Waals surface area contributed by atoms with Gasteiger partial charge in [0.05, 0.1) is 49.4 Å². The van der Waals surface area contributed by atoms with E-state index in [2.05, 4.69) is 15.8 Å². The van der Waals surface area contributed by atoms with E-state index in [0.29, 0.717) is 27.8 Å². The predicted molar refractivity (Wildman–Crippen MR) is 163 cm³/mol. The molecule has 0 fully saturated rings. The number of methoxy groups -OCH3 is 3. The summed E-state index contributed by atoms with van der Waals surface area (Å²) in [6.45, 7) is 0. The van der Waals surface area contributed by atoms with E-state index in [-0.39, 0.29) is 33.1 Å². The Morgan fingerprint density at radius 3 is 2.09 bits per heavy atom. The number of carbonyl (C=O) groups excluding carboxylic acids is 3. The maximum atomic E-state index is 13.1. The number of esters is 1. The summed E-state index contributed by atoms with van der Waals surface area (Å²) in [5.74, 6) is -0.676. The van der Waals surface area contributed by atoms with Crippen molar-refractivity contribution in [2.45, 2.75) is 0 Å². The van der Waals surface area contributed by atoms with Gasteiger partial charge in [-0.2, -0.15) is 5.10 Å². The number of carbonyl (C=O) groups is 3. The van der Waals surface area contributed by atoms with Crippen molar-refractivity contribution in [3.8, 4) is 23.0 Å². The van der Waals surface area contributed by atoms with Crippen molar-refractivity contribution >= 4 is 52.9 Å². The monoisotopic (exact) mass is 621 g/mol. The van der Waals surface area contributed by atoms with Gasteiger partial charge in [0.1, 0.15) is 5.75 Å². The molecule has 0 unspecified atom stereocenters. The first-order valence-corrected chi connectivity index (χ1v) is 13.3. The van der Waals surface area contributed by atoms with Crippen LogP contribution in [0, 0.1) is 0 Å². The van der Waals surface area contributed by atoms with Gasteiger partial charge in [0.15, 0.2) is 11.5 Å². The number of rotatable bonds is 10. The summed E-state index contributed by atoms with van der Waals surface area (Å²) in [6.07, 6.45) is 1.32. The number of nitrogens with zero attached hydrogens (tertiary/aromatic N) is 1. The van der Waals surface area contributed by atoms with Crippen LogP contribution in [0.2, 0.25) is 10.0 Å². The summed E-state index contributed by atoms with van der Waals surface area (Å²) < 4.78 is 21.4. The number of hydrazone groups is 1. The van der Waals surface area contributed by atoms with Crippen LogP contribution >= 0.6 is 23.2 Å². The van der Waals surface area contributed by atoms with Crippen LogP contribution in [0.5, 0.6) is 23.0 Å². The van der Waals surface area contributed by atoms with Crippen LogP contribution < -0.4 is 29.7 Å². The normalized spacial score (nSPS) is 10.6. The Hall–Kier alpha value is -5.06. The number of nitrogens with one attached hydrogen (secondary N) is 2. The molecule has 0 aromatic heterocycles. The molecule has 0 aliphatic carbocycles. The molecular formula is C31H25Cl2N3O7. The van der Waals surface area contributed by atoms with E-state index in [1.165, 1.54) is 63.9 Å². The largest absolute Gasteiger partial charge is 0.493 e. The molecule has 2 N–H and O–H groups in total. The second-order valence-electron chi connectivity index (χ2n) is 8.66. The van der Waals surface area contributed by atoms with Crippen LogP contribution in [0.25, 0.3) is 0 Å². The fourth-order valence-electron chi connectivity index (χ4n) is 3.91. The number of halogens is 2. The van der Waals surface area contributed by atoms with Crippen molar-refractivity contribution in [2.24, 2.45) is 5.10 Å². The third kappa shape index (κ3) is 7.42. The summed E-state index contributed by atoms with van der Waals surface area (Å²) >= 11 is 12.0. The maximum Gasteiger partial charge on any atom is 0.345 e. The Labute approximate surface area is 257 Å². The zero-order valence-corrected chi connectivity index (χ0v) is 24.7. The number of ether oxygens (including phenoxy) is 4. The molecule has 4 aromatic carbocycles. The number of anilines is 1. The minimum atomic E-state index is -0.691. The summed E-state index contributed by atoms with van der Waals surface area (Å²) in [6, 6.07) is 20.4. The molecule has 0 saturated carbocycles. The van der Waals surface area contributed by atoms with Crippen molar-refractivity contribution in [1.29, 1.82) is 0 Å². The molecule has 4 rings (SSSR count). The van der Waals surface area contributed by atoms with Gasteiger partial charge < -0.3 is 24.3 Å². The Kier molecular flexibility index (Phi) is 10.2. The van der Waals surface area contributed by atoms with E-state index >= 15 is 0 Å². The quantitative estimate of drug-likeness (QED) is 0.0927. The molecule has 0 spiro atoms. The molecule has 0 atom stereocenters. The number of benzene rings is 4. The summed E-state index contributed by atoms with van der Waals surface area (Å²) in [4.78, 5) is 38.8. The van der Waals surface area contributed by atoms with Crippen molar-refractivity contribution in [3.63, 3.8) is 0 Å². The molecule has 10 nitrogen and oxygen atoms in total. The molecule has 0 aliphatic heterocycles. The zero-order chi connectivity index (χ0) is 30.9. The Balaban J connectivity index is 1.48. The van der Waals surface area contributed by atoms with Crippen molar-refractivity contribution in [3.05, 3.63) is 111 Å². The third-order valence-corrected chi connectivity index (χ3v) is 6.54. The van der Waals surface area contributed by atoms with Gasteiger partial charge in [-0.05, 0) is 54.6 Å². The van der Waals surface area contributed by atoms with Gasteiger partial charge in [-0.3, -0.25) is 9.59 Å². The first-order valence-electron chi connectivity index (χ1n) is 12.6. The number of amides is 2. The number of para-hydroxylation sites is 2. The highest BCUT2D eigenvalue weighted by atomic mass is 35.5. The highest BCUT2D eigenvalue weighted by molar-refractivity contribution is 6.36. The van der Waals surface area contributed by atoms with Crippen molar-refractivity contribution < 1.29 is 33.3 Å². The Morgan fingerprint density at radius 2 is 1.42 bits per heavy atom. The average molecular weight is 622 g/mol. The fourth-order valence-corrected chi connectivity index (χ4v) is 4.39. The number of hydrogen-bond acceptors (Lipinski definition) is 8. The second-order valence-corrected chi connectivity index (χ2v) is 9.51. The van der Waals surface area contributed by atoms with Crippen LogP contribution in [-0.2, 0) is 0 Å². The van der Waals surface area contributed by atoms with Gasteiger partial charge >= 0.3 is 5.97 Å². The molecule has 0 heterocycles. The molecule has 0 radical (unpaired) electrons. The van der Waals surface area contributed by atoms with E-state index in [4.69, 9.17) is 42.1 Å². The highest BCUT2D eigenvalue weighted by Gasteiger charge is 2.19. The summed E-state index contributed by atoms with van der Waals surface area (Å²) in [5.41, 5.74) is 3.58. The minimum Gasteiger partial charge on any atom is -0.493 e. The van der Waals surface area contributed by atoms with Gasteiger partial charge in [-0.15, -0.1) is 0 Å². The first kappa shape index (κ1) is 30.9. The molecular weight excluding hydrogens is 597 g/mol. The maximum absolute atomic E-state index is 13.1. The SMILES string of the molecule is COc1cc(C(=O)Nc2ccccc2C(=O)N/N=C\c2ccccc2OC(=O)c2ccc(Cl)cc2Cl)cc(OC)c1OC. The van der Waals surface area contributed by atoms with Gasteiger partial charge in [-0.1, -0.05) is 47.5 Å². The molecule has 220 valence electrons. The lowest BCUT2D eigenvalue weighted by Crippen LogP contribution is -2.21. The van der Waals surface area contributed by atoms with Crippen LogP contribution in [0.3, 0.4) is 0 Å². The fraction of sp³-hybridized carbons (Fsp3) is 0.0968. The van der Waals surface area contributed by atoms with Crippen LogP contribution in [-0.4, -0.2) is 45.3 Å². The predicted octanol–water partition coefficient (Wildman–Crippen LogP) is 6.25. The van der Waals surface area contributed by atoms with Crippen LogP contribution in [0.1, 0.15) is 36.6 Å². The average Bonchev–Trinajstić information content (AvgIpc) is 3.01. The van der Waals surface area contributed by atoms with E-state index in [0.717, 1.165) is 0 Å². The van der Waals surface area contributed by atoms with Gasteiger partial charge in [0, 0.05) is 16.1 Å². The molecule has 4 aromatic rings. The van der Waals surface area contributed by atoms with Crippen LogP contribution in [0.15, 0.2) is 84.0 Å². The summed E-state index contributed by atoms with van der Waals surface area (Å²) in [5, 5.41) is 7.27. The molecule has 0 aliphatic rings. The van der Waals surface area contributed by atoms with Gasteiger partial charge in [0.2, 0.25) is 5.75 Å². The van der Waals surface area contributed by atoms with Crippen LogP contribution in [0.4, 0.5) is 5.69 Å². The smallest absolute Gasteiger partial charge is 0.345 e. The third-order valence-electron chi connectivity index (χ3n) is 5.99. The van der Waals surface area contributed by atoms with Crippen molar-refractivity contribution in [1.82, 2.24) is 5.43 Å². The van der Waals surface area contributed by atoms with E-state index < -0.39 is 17.8 Å². The molecule has 12 heteroatoms. The highest BCUT2D eigenvalue weighted by Crippen LogP contribution is 2.38.